The van der Waals surface area contributed by atoms with Crippen LogP contribution in [-0.4, -0.2) is 18.8 Å². The predicted molar refractivity (Wildman–Crippen MR) is 63.4 cm³/mol. The van der Waals surface area contributed by atoms with Gasteiger partial charge in [-0.3, -0.25) is 0 Å². The smallest absolute Gasteiger partial charge is 0.0386 e. The van der Waals surface area contributed by atoms with Crippen molar-refractivity contribution >= 4 is 11.4 Å². The van der Waals surface area contributed by atoms with Gasteiger partial charge in [-0.2, -0.15) is 0 Å². The number of hydrogen-bond donors (Lipinski definition) is 3. The molecule has 3 nitrogen and oxygen atoms in total. The van der Waals surface area contributed by atoms with E-state index in [2.05, 4.69) is 10.6 Å². The van der Waals surface area contributed by atoms with Crippen LogP contribution in [0, 0.1) is 5.41 Å². The highest BCUT2D eigenvalue weighted by atomic mass is 14.9. The highest BCUT2D eigenvalue weighted by molar-refractivity contribution is 5.99. The van der Waals surface area contributed by atoms with Crippen molar-refractivity contribution in [1.82, 2.24) is 5.32 Å². The van der Waals surface area contributed by atoms with E-state index in [0.29, 0.717) is 0 Å². The van der Waals surface area contributed by atoms with Gasteiger partial charge in [-0.05, 0) is 12.1 Å². The standard InChI is InChI=1S/C12H15N3/c13-12-6-7-14-8-10(12)9-15-11-4-2-1-3-5-11/h1-5,9,13-15H,6-8H2/b10-9-,13-12?. The molecule has 3 N–H and O–H groups in total. The molecular formula is C12H15N3. The first-order chi connectivity index (χ1) is 7.36. The Hall–Kier alpha value is -1.61. The van der Waals surface area contributed by atoms with Gasteiger partial charge in [0.15, 0.2) is 0 Å². The van der Waals surface area contributed by atoms with Gasteiger partial charge in [0.25, 0.3) is 0 Å². The molecule has 0 unspecified atom stereocenters. The molecule has 0 aromatic heterocycles. The predicted octanol–water partition coefficient (Wildman–Crippen LogP) is 2.00. The van der Waals surface area contributed by atoms with Crippen LogP contribution in [0.2, 0.25) is 0 Å². The molecule has 0 bridgehead atoms. The van der Waals surface area contributed by atoms with Crippen molar-refractivity contribution in [3.05, 3.63) is 42.1 Å². The highest BCUT2D eigenvalue weighted by Crippen LogP contribution is 2.08. The molecule has 15 heavy (non-hydrogen) atoms. The Morgan fingerprint density at radius 3 is 2.80 bits per heavy atom. The van der Waals surface area contributed by atoms with Gasteiger partial charge in [-0.1, -0.05) is 18.2 Å². The molecule has 1 aliphatic rings. The summed E-state index contributed by atoms with van der Waals surface area (Å²) in [5.74, 6) is 0. The molecule has 1 aromatic carbocycles. The van der Waals surface area contributed by atoms with Gasteiger partial charge in [0.2, 0.25) is 0 Å². The van der Waals surface area contributed by atoms with Crippen molar-refractivity contribution in [3.8, 4) is 0 Å². The van der Waals surface area contributed by atoms with Crippen molar-refractivity contribution in [1.29, 1.82) is 5.41 Å². The van der Waals surface area contributed by atoms with E-state index in [1.54, 1.807) is 0 Å². The first kappa shape index (κ1) is 9.93. The average molecular weight is 201 g/mol. The third-order valence-corrected chi connectivity index (χ3v) is 2.44. The van der Waals surface area contributed by atoms with E-state index < -0.39 is 0 Å². The molecule has 0 radical (unpaired) electrons. The first-order valence-electron chi connectivity index (χ1n) is 5.15. The minimum Gasteiger partial charge on any atom is -0.361 e. The molecule has 0 saturated carbocycles. The largest absolute Gasteiger partial charge is 0.361 e. The van der Waals surface area contributed by atoms with Crippen molar-refractivity contribution in [2.45, 2.75) is 6.42 Å². The van der Waals surface area contributed by atoms with Crippen molar-refractivity contribution in [2.75, 3.05) is 18.4 Å². The number of piperidine rings is 1. The second-order valence-electron chi connectivity index (χ2n) is 3.59. The lowest BCUT2D eigenvalue weighted by Gasteiger charge is -2.16. The van der Waals surface area contributed by atoms with E-state index >= 15 is 0 Å². The number of rotatable bonds is 2. The zero-order chi connectivity index (χ0) is 10.5. The van der Waals surface area contributed by atoms with Gasteiger partial charge in [0, 0.05) is 42.7 Å². The summed E-state index contributed by atoms with van der Waals surface area (Å²) in [6.07, 6.45) is 2.74. The maximum Gasteiger partial charge on any atom is 0.0386 e. The fraction of sp³-hybridized carbons (Fsp3) is 0.250. The lowest BCUT2D eigenvalue weighted by atomic mass is 10.1. The Morgan fingerprint density at radius 1 is 1.27 bits per heavy atom. The molecule has 2 rings (SSSR count). The van der Waals surface area contributed by atoms with Crippen molar-refractivity contribution in [3.63, 3.8) is 0 Å². The maximum atomic E-state index is 7.76. The van der Waals surface area contributed by atoms with Crippen LogP contribution in [0.5, 0.6) is 0 Å². The maximum absolute atomic E-state index is 7.76. The van der Waals surface area contributed by atoms with Crippen LogP contribution in [0.15, 0.2) is 42.1 Å². The summed E-state index contributed by atoms with van der Waals surface area (Å²) in [6, 6.07) is 9.99. The average Bonchev–Trinajstić information content (AvgIpc) is 2.29. The quantitative estimate of drug-likeness (QED) is 0.685. The Bertz CT molecular complexity index is 368. The lowest BCUT2D eigenvalue weighted by Crippen LogP contribution is -2.30. The summed E-state index contributed by atoms with van der Waals surface area (Å²) in [4.78, 5) is 0. The van der Waals surface area contributed by atoms with Gasteiger partial charge < -0.3 is 16.0 Å². The summed E-state index contributed by atoms with van der Waals surface area (Å²) < 4.78 is 0. The zero-order valence-electron chi connectivity index (χ0n) is 8.59. The monoisotopic (exact) mass is 201 g/mol. The molecule has 78 valence electrons. The SMILES string of the molecule is N=C1CCNC/C1=C/Nc1ccccc1. The molecule has 1 saturated heterocycles. The number of para-hydroxylation sites is 1. The Kier molecular flexibility index (Phi) is 3.15. The fourth-order valence-corrected chi connectivity index (χ4v) is 1.55. The van der Waals surface area contributed by atoms with Crippen LogP contribution in [0.1, 0.15) is 6.42 Å². The van der Waals surface area contributed by atoms with Crippen LogP contribution in [0.25, 0.3) is 0 Å². The topological polar surface area (TPSA) is 47.9 Å². The van der Waals surface area contributed by atoms with Crippen LogP contribution in [-0.2, 0) is 0 Å². The van der Waals surface area contributed by atoms with Crippen LogP contribution in [0.4, 0.5) is 5.69 Å². The summed E-state index contributed by atoms with van der Waals surface area (Å²) in [5, 5.41) is 14.2. The Morgan fingerprint density at radius 2 is 2.07 bits per heavy atom. The molecule has 3 heteroatoms. The van der Waals surface area contributed by atoms with Crippen molar-refractivity contribution < 1.29 is 0 Å². The van der Waals surface area contributed by atoms with Gasteiger partial charge in [0.1, 0.15) is 0 Å². The van der Waals surface area contributed by atoms with E-state index in [0.717, 1.165) is 36.5 Å². The molecule has 0 aliphatic carbocycles. The summed E-state index contributed by atoms with van der Waals surface area (Å²) in [7, 11) is 0. The van der Waals surface area contributed by atoms with Crippen LogP contribution < -0.4 is 10.6 Å². The lowest BCUT2D eigenvalue weighted by molar-refractivity contribution is 0.727. The molecular weight excluding hydrogens is 186 g/mol. The molecule has 1 fully saturated rings. The van der Waals surface area contributed by atoms with Crippen LogP contribution >= 0.6 is 0 Å². The first-order valence-corrected chi connectivity index (χ1v) is 5.15. The number of benzene rings is 1. The molecule has 1 heterocycles. The van der Waals surface area contributed by atoms with Gasteiger partial charge in [-0.15, -0.1) is 0 Å². The molecule has 0 atom stereocenters. The van der Waals surface area contributed by atoms with E-state index in [1.165, 1.54) is 0 Å². The van der Waals surface area contributed by atoms with E-state index in [4.69, 9.17) is 5.41 Å². The minimum atomic E-state index is 0.734. The number of anilines is 1. The Labute approximate surface area is 89.7 Å². The summed E-state index contributed by atoms with van der Waals surface area (Å²) >= 11 is 0. The van der Waals surface area contributed by atoms with E-state index in [1.807, 2.05) is 36.5 Å². The minimum absolute atomic E-state index is 0.734. The Balaban J connectivity index is 2.01. The summed E-state index contributed by atoms with van der Waals surface area (Å²) in [6.45, 7) is 1.71. The third-order valence-electron chi connectivity index (χ3n) is 2.44. The number of hydrogen-bond acceptors (Lipinski definition) is 3. The third kappa shape index (κ3) is 2.67. The molecule has 0 spiro atoms. The van der Waals surface area contributed by atoms with Gasteiger partial charge in [0.05, 0.1) is 0 Å². The van der Waals surface area contributed by atoms with Crippen LogP contribution in [0.3, 0.4) is 0 Å². The highest BCUT2D eigenvalue weighted by Gasteiger charge is 2.09. The summed E-state index contributed by atoms with van der Waals surface area (Å²) in [5.41, 5.74) is 2.84. The molecule has 1 aliphatic heterocycles. The second kappa shape index (κ2) is 4.75. The second-order valence-corrected chi connectivity index (χ2v) is 3.59. The zero-order valence-corrected chi connectivity index (χ0v) is 8.59. The molecule has 1 aromatic rings. The van der Waals surface area contributed by atoms with Gasteiger partial charge >= 0.3 is 0 Å². The van der Waals surface area contributed by atoms with E-state index in [9.17, 15) is 0 Å². The van der Waals surface area contributed by atoms with Gasteiger partial charge in [-0.25, -0.2) is 0 Å². The van der Waals surface area contributed by atoms with E-state index in [-0.39, 0.29) is 0 Å². The van der Waals surface area contributed by atoms with Crippen molar-refractivity contribution in [2.24, 2.45) is 0 Å². The molecule has 0 amide bonds. The fourth-order valence-electron chi connectivity index (χ4n) is 1.55. The number of nitrogens with one attached hydrogen (secondary N) is 3. The normalized spacial score (nSPS) is 19.2.